The number of thiazole rings is 1. The number of aryl methyl sites for hydroxylation is 1. The Morgan fingerprint density at radius 3 is 2.79 bits per heavy atom. The highest BCUT2D eigenvalue weighted by molar-refractivity contribution is 7.99. The molecule has 1 fully saturated rings. The van der Waals surface area contributed by atoms with Gasteiger partial charge in [0, 0.05) is 23.4 Å². The molecule has 1 aromatic carbocycles. The predicted octanol–water partition coefficient (Wildman–Crippen LogP) is 4.73. The largest absolute Gasteiger partial charge is 0.306 e. The van der Waals surface area contributed by atoms with Crippen molar-refractivity contribution in [3.63, 3.8) is 0 Å². The maximum absolute atomic E-state index is 12.4. The van der Waals surface area contributed by atoms with Crippen LogP contribution < -0.4 is 5.32 Å². The van der Waals surface area contributed by atoms with Crippen LogP contribution in [0.3, 0.4) is 0 Å². The van der Waals surface area contributed by atoms with E-state index in [0.29, 0.717) is 16.8 Å². The quantitative estimate of drug-likeness (QED) is 0.541. The molecule has 0 aliphatic heterocycles. The van der Waals surface area contributed by atoms with Crippen LogP contribution in [-0.2, 0) is 11.3 Å². The molecule has 1 N–H and O–H groups in total. The molecule has 3 aromatic rings. The molecule has 0 atom stereocenters. The van der Waals surface area contributed by atoms with E-state index in [2.05, 4.69) is 51.0 Å². The van der Waals surface area contributed by atoms with Gasteiger partial charge in [0.1, 0.15) is 5.82 Å². The Hall–Kier alpha value is -2.19. The van der Waals surface area contributed by atoms with Gasteiger partial charge in [-0.25, -0.2) is 4.98 Å². The third-order valence-electron chi connectivity index (χ3n) is 4.57. The van der Waals surface area contributed by atoms with Gasteiger partial charge in [0.25, 0.3) is 0 Å². The van der Waals surface area contributed by atoms with Gasteiger partial charge in [-0.2, -0.15) is 0 Å². The van der Waals surface area contributed by atoms with Crippen LogP contribution >= 0.6 is 23.1 Å². The van der Waals surface area contributed by atoms with Gasteiger partial charge in [-0.15, -0.1) is 21.5 Å². The van der Waals surface area contributed by atoms with E-state index >= 15 is 0 Å². The molecule has 0 spiro atoms. The third kappa shape index (κ3) is 4.44. The summed E-state index contributed by atoms with van der Waals surface area (Å²) < 4.78 is 2.18. The highest BCUT2D eigenvalue weighted by Gasteiger charge is 2.30. The molecule has 2 heterocycles. The Labute approximate surface area is 172 Å². The Balaban J connectivity index is 1.36. The van der Waals surface area contributed by atoms with Crippen LogP contribution in [0.15, 0.2) is 34.8 Å². The summed E-state index contributed by atoms with van der Waals surface area (Å²) in [5, 5.41) is 15.0. The van der Waals surface area contributed by atoms with Crippen LogP contribution in [0.4, 0.5) is 5.13 Å². The van der Waals surface area contributed by atoms with Gasteiger partial charge < -0.3 is 9.88 Å². The van der Waals surface area contributed by atoms with Crippen LogP contribution in [0.2, 0.25) is 0 Å². The molecule has 8 heteroatoms. The van der Waals surface area contributed by atoms with E-state index in [0.717, 1.165) is 35.2 Å². The maximum atomic E-state index is 12.4. The fourth-order valence-corrected chi connectivity index (χ4v) is 4.47. The smallest absolute Gasteiger partial charge is 0.236 e. The average molecular weight is 414 g/mol. The normalized spacial score (nSPS) is 13.6. The Morgan fingerprint density at radius 1 is 1.29 bits per heavy atom. The Kier molecular flexibility index (Phi) is 5.77. The van der Waals surface area contributed by atoms with Gasteiger partial charge in [-0.3, -0.25) is 4.79 Å². The van der Waals surface area contributed by atoms with Crippen molar-refractivity contribution >= 4 is 34.1 Å². The number of carbonyl (C=O) groups excluding carboxylic acids is 1. The second-order valence-corrected chi connectivity index (χ2v) is 8.81. The minimum absolute atomic E-state index is 0.0752. The minimum Gasteiger partial charge on any atom is -0.306 e. The number of hydrogen-bond donors (Lipinski definition) is 1. The maximum Gasteiger partial charge on any atom is 0.236 e. The van der Waals surface area contributed by atoms with E-state index in [4.69, 9.17) is 0 Å². The van der Waals surface area contributed by atoms with Crippen LogP contribution in [0.25, 0.3) is 11.3 Å². The first kappa shape index (κ1) is 19.1. The number of benzene rings is 1. The standard InChI is InChI=1S/C20H23N5OS2/c1-3-10-25-18(15-8-9-15)23-24-20(25)28-12-17(26)22-19-21-16(11-27-19)14-6-4-13(2)5-7-14/h4-7,11,15H,3,8-10,12H2,1-2H3,(H,21,22,26). The van der Waals surface area contributed by atoms with Crippen molar-refractivity contribution < 1.29 is 4.79 Å². The van der Waals surface area contributed by atoms with E-state index in [9.17, 15) is 4.79 Å². The summed E-state index contributed by atoms with van der Waals surface area (Å²) in [4.78, 5) is 16.9. The van der Waals surface area contributed by atoms with Gasteiger partial charge in [0.05, 0.1) is 11.4 Å². The zero-order valence-electron chi connectivity index (χ0n) is 16.0. The monoisotopic (exact) mass is 413 g/mol. The SMILES string of the molecule is CCCn1c(SCC(=O)Nc2nc(-c3ccc(C)cc3)cs2)nnc1C1CC1. The highest BCUT2D eigenvalue weighted by Crippen LogP contribution is 2.40. The molecule has 0 bridgehead atoms. The summed E-state index contributed by atoms with van der Waals surface area (Å²) in [6.07, 6.45) is 3.42. The van der Waals surface area contributed by atoms with Crippen LogP contribution in [0, 0.1) is 6.92 Å². The van der Waals surface area contributed by atoms with Crippen molar-refractivity contribution in [2.45, 2.75) is 50.7 Å². The molecule has 1 aliphatic rings. The Bertz CT molecular complexity index is 959. The first-order valence-electron chi connectivity index (χ1n) is 9.52. The second kappa shape index (κ2) is 8.45. The van der Waals surface area contributed by atoms with Gasteiger partial charge in [-0.1, -0.05) is 48.5 Å². The molecule has 0 radical (unpaired) electrons. The summed E-state index contributed by atoms with van der Waals surface area (Å²) in [5.74, 6) is 1.85. The molecule has 146 valence electrons. The van der Waals surface area contributed by atoms with Crippen molar-refractivity contribution in [3.8, 4) is 11.3 Å². The molecule has 1 aliphatic carbocycles. The fourth-order valence-electron chi connectivity index (χ4n) is 2.96. The molecule has 6 nitrogen and oxygen atoms in total. The second-order valence-electron chi connectivity index (χ2n) is 7.01. The minimum atomic E-state index is -0.0752. The van der Waals surface area contributed by atoms with Crippen molar-refractivity contribution in [1.29, 1.82) is 0 Å². The molecule has 1 amide bonds. The topological polar surface area (TPSA) is 72.7 Å². The average Bonchev–Trinajstić information content (AvgIpc) is 3.30. The molecule has 0 unspecified atom stereocenters. The summed E-state index contributed by atoms with van der Waals surface area (Å²) >= 11 is 2.88. The first-order valence-corrected chi connectivity index (χ1v) is 11.4. The van der Waals surface area contributed by atoms with Crippen molar-refractivity contribution in [2.24, 2.45) is 0 Å². The molecule has 28 heavy (non-hydrogen) atoms. The molecular formula is C20H23N5OS2. The number of nitrogens with zero attached hydrogens (tertiary/aromatic N) is 4. The number of rotatable bonds is 8. The third-order valence-corrected chi connectivity index (χ3v) is 6.29. The molecule has 0 saturated heterocycles. The zero-order chi connectivity index (χ0) is 19.5. The van der Waals surface area contributed by atoms with Crippen LogP contribution in [-0.4, -0.2) is 31.4 Å². The van der Waals surface area contributed by atoms with E-state index < -0.39 is 0 Å². The summed E-state index contributed by atoms with van der Waals surface area (Å²) in [7, 11) is 0. The summed E-state index contributed by atoms with van der Waals surface area (Å²) in [6, 6.07) is 8.21. The Morgan fingerprint density at radius 2 is 2.07 bits per heavy atom. The van der Waals surface area contributed by atoms with Crippen molar-refractivity contribution in [2.75, 3.05) is 11.1 Å². The van der Waals surface area contributed by atoms with Crippen molar-refractivity contribution in [1.82, 2.24) is 19.7 Å². The van der Waals surface area contributed by atoms with E-state index in [1.165, 1.54) is 41.5 Å². The molecule has 4 rings (SSSR count). The number of aromatic nitrogens is 4. The molecular weight excluding hydrogens is 390 g/mol. The number of nitrogens with one attached hydrogen (secondary N) is 1. The lowest BCUT2D eigenvalue weighted by Crippen LogP contribution is -2.14. The summed E-state index contributed by atoms with van der Waals surface area (Å²) in [6.45, 7) is 5.10. The lowest BCUT2D eigenvalue weighted by atomic mass is 10.1. The summed E-state index contributed by atoms with van der Waals surface area (Å²) in [5.41, 5.74) is 3.15. The lowest BCUT2D eigenvalue weighted by molar-refractivity contribution is -0.113. The van der Waals surface area contributed by atoms with Gasteiger partial charge in [0.15, 0.2) is 10.3 Å². The number of thioether (sulfide) groups is 1. The first-order chi connectivity index (χ1) is 13.6. The predicted molar refractivity (Wildman–Crippen MR) is 114 cm³/mol. The fraction of sp³-hybridized carbons (Fsp3) is 0.400. The van der Waals surface area contributed by atoms with Gasteiger partial charge in [-0.05, 0) is 26.2 Å². The van der Waals surface area contributed by atoms with Gasteiger partial charge >= 0.3 is 0 Å². The lowest BCUT2D eigenvalue weighted by Gasteiger charge is -2.07. The van der Waals surface area contributed by atoms with Crippen LogP contribution in [0.1, 0.15) is 43.5 Å². The molecule has 1 saturated carbocycles. The van der Waals surface area contributed by atoms with Crippen molar-refractivity contribution in [3.05, 3.63) is 41.0 Å². The van der Waals surface area contributed by atoms with Gasteiger partial charge in [0.2, 0.25) is 5.91 Å². The number of anilines is 1. The molecule has 2 aromatic heterocycles. The van der Waals surface area contributed by atoms with E-state index in [1.54, 1.807) is 0 Å². The zero-order valence-corrected chi connectivity index (χ0v) is 17.6. The van der Waals surface area contributed by atoms with E-state index in [-0.39, 0.29) is 5.91 Å². The van der Waals surface area contributed by atoms with E-state index in [1.807, 2.05) is 17.5 Å². The highest BCUT2D eigenvalue weighted by atomic mass is 32.2. The number of hydrogen-bond acceptors (Lipinski definition) is 6. The number of carbonyl (C=O) groups is 1. The number of amides is 1. The van der Waals surface area contributed by atoms with Crippen LogP contribution in [0.5, 0.6) is 0 Å².